The highest BCUT2D eigenvalue weighted by atomic mass is 35.5. The van der Waals surface area contributed by atoms with E-state index in [1.165, 1.54) is 7.05 Å². The van der Waals surface area contributed by atoms with Crippen molar-refractivity contribution in [1.82, 2.24) is 15.1 Å². The lowest BCUT2D eigenvalue weighted by Crippen LogP contribution is -2.29. The van der Waals surface area contributed by atoms with Crippen LogP contribution in [0.3, 0.4) is 0 Å². The summed E-state index contributed by atoms with van der Waals surface area (Å²) in [6.07, 6.45) is 5.10. The van der Waals surface area contributed by atoms with Gasteiger partial charge in [0.05, 0.1) is 6.20 Å². The molecule has 172 valence electrons. The first-order valence-electron chi connectivity index (χ1n) is 10.7. The normalized spacial score (nSPS) is 16.6. The molecular formula is C24H25ClN4O4. The minimum absolute atomic E-state index is 0.0174. The molecule has 0 saturated carbocycles. The third-order valence-corrected chi connectivity index (χ3v) is 5.63. The lowest BCUT2D eigenvalue weighted by atomic mass is 10.1. The van der Waals surface area contributed by atoms with Crippen molar-refractivity contribution in [1.29, 1.82) is 0 Å². The summed E-state index contributed by atoms with van der Waals surface area (Å²) < 4.78 is 12.9. The first kappa shape index (κ1) is 22.8. The van der Waals surface area contributed by atoms with E-state index in [2.05, 4.69) is 15.7 Å². The monoisotopic (exact) mass is 468 g/mol. The number of hydrogen-bond donors (Lipinski definition) is 2. The first-order chi connectivity index (χ1) is 16.0. The van der Waals surface area contributed by atoms with Crippen LogP contribution >= 0.6 is 11.6 Å². The Hall–Kier alpha value is -3.36. The number of rotatable bonds is 6. The van der Waals surface area contributed by atoms with E-state index in [9.17, 15) is 9.59 Å². The van der Waals surface area contributed by atoms with E-state index in [1.807, 2.05) is 23.0 Å². The fourth-order valence-electron chi connectivity index (χ4n) is 3.61. The summed E-state index contributed by atoms with van der Waals surface area (Å²) in [4.78, 5) is 24.7. The third-order valence-electron chi connectivity index (χ3n) is 5.38. The van der Waals surface area contributed by atoms with Crippen LogP contribution in [0, 0.1) is 0 Å². The van der Waals surface area contributed by atoms with Gasteiger partial charge in [-0.15, -0.1) is 0 Å². The van der Waals surface area contributed by atoms with E-state index in [4.69, 9.17) is 21.1 Å². The number of ether oxygens (including phenoxy) is 2. The Labute approximate surface area is 196 Å². The van der Waals surface area contributed by atoms with Gasteiger partial charge in [0, 0.05) is 41.7 Å². The van der Waals surface area contributed by atoms with Gasteiger partial charge in [0.1, 0.15) is 6.23 Å². The molecule has 0 spiro atoms. The molecule has 9 heteroatoms. The lowest BCUT2D eigenvalue weighted by molar-refractivity contribution is -0.124. The van der Waals surface area contributed by atoms with Crippen molar-refractivity contribution >= 4 is 29.3 Å². The number of carbonyl (C=O) groups excluding carboxylic acids is 2. The number of hydrogen-bond acceptors (Lipinski definition) is 5. The van der Waals surface area contributed by atoms with Crippen molar-refractivity contribution in [3.8, 4) is 11.1 Å². The van der Waals surface area contributed by atoms with Gasteiger partial charge < -0.3 is 20.1 Å². The van der Waals surface area contributed by atoms with Crippen LogP contribution in [0.25, 0.3) is 11.1 Å². The van der Waals surface area contributed by atoms with E-state index in [0.717, 1.165) is 37.0 Å². The van der Waals surface area contributed by atoms with Crippen molar-refractivity contribution < 1.29 is 19.1 Å². The van der Waals surface area contributed by atoms with Crippen molar-refractivity contribution in [2.45, 2.75) is 31.6 Å². The molecule has 2 atom stereocenters. The molecule has 1 unspecified atom stereocenters. The predicted molar refractivity (Wildman–Crippen MR) is 125 cm³/mol. The zero-order chi connectivity index (χ0) is 23.2. The Morgan fingerprint density at radius 3 is 2.55 bits per heavy atom. The van der Waals surface area contributed by atoms with Gasteiger partial charge in [-0.1, -0.05) is 35.9 Å². The molecule has 4 rings (SSSR count). The summed E-state index contributed by atoms with van der Waals surface area (Å²) in [6, 6.07) is 13.9. The topological polar surface area (TPSA) is 94.5 Å². The molecule has 3 aromatic rings. The fraction of sp³-hybridized carbons (Fsp3) is 0.292. The molecular weight excluding hydrogens is 444 g/mol. The van der Waals surface area contributed by atoms with Crippen LogP contribution in [0.15, 0.2) is 60.9 Å². The minimum atomic E-state index is -1.13. The number of nitrogens with zero attached hydrogens (tertiary/aromatic N) is 2. The van der Waals surface area contributed by atoms with Gasteiger partial charge in [0.25, 0.3) is 5.91 Å². The molecule has 2 N–H and O–H groups in total. The van der Waals surface area contributed by atoms with Gasteiger partial charge in [0.15, 0.2) is 0 Å². The van der Waals surface area contributed by atoms with Crippen molar-refractivity contribution in [2.24, 2.45) is 0 Å². The van der Waals surface area contributed by atoms with E-state index in [-0.39, 0.29) is 6.23 Å². The average molecular weight is 469 g/mol. The zero-order valence-electron chi connectivity index (χ0n) is 18.2. The molecule has 0 radical (unpaired) electrons. The Morgan fingerprint density at radius 1 is 1.12 bits per heavy atom. The van der Waals surface area contributed by atoms with Gasteiger partial charge in [-0.05, 0) is 49.1 Å². The number of anilines is 1. The van der Waals surface area contributed by atoms with Gasteiger partial charge in [0.2, 0.25) is 6.10 Å². The zero-order valence-corrected chi connectivity index (χ0v) is 18.9. The smallest absolute Gasteiger partial charge is 0.408 e. The highest BCUT2D eigenvalue weighted by molar-refractivity contribution is 6.30. The van der Waals surface area contributed by atoms with Gasteiger partial charge >= 0.3 is 6.09 Å². The summed E-state index contributed by atoms with van der Waals surface area (Å²) in [5.41, 5.74) is 3.01. The average Bonchev–Trinajstić information content (AvgIpc) is 3.34. The number of nitrogens with one attached hydrogen (secondary N) is 2. The highest BCUT2D eigenvalue weighted by Gasteiger charge is 2.25. The van der Waals surface area contributed by atoms with Crippen LogP contribution in [-0.2, 0) is 14.3 Å². The second-order valence-corrected chi connectivity index (χ2v) is 8.12. The van der Waals surface area contributed by atoms with Gasteiger partial charge in [-0.25, -0.2) is 9.48 Å². The van der Waals surface area contributed by atoms with Crippen molar-refractivity contribution in [3.05, 3.63) is 71.5 Å². The molecule has 1 aliphatic heterocycles. The van der Waals surface area contributed by atoms with Gasteiger partial charge in [-0.2, -0.15) is 5.10 Å². The molecule has 1 saturated heterocycles. The van der Waals surface area contributed by atoms with Crippen LogP contribution in [0.4, 0.5) is 10.5 Å². The molecule has 1 fully saturated rings. The molecule has 0 aliphatic carbocycles. The first-order valence-corrected chi connectivity index (χ1v) is 11.1. The Morgan fingerprint density at radius 2 is 1.88 bits per heavy atom. The molecule has 33 heavy (non-hydrogen) atoms. The highest BCUT2D eigenvalue weighted by Crippen LogP contribution is 2.27. The SMILES string of the molecule is CNC(=O)O[C@H](C(=O)Nc1ccc(-c2cnn(C3CCCCO3)c2)cc1)c1ccc(Cl)cc1. The van der Waals surface area contributed by atoms with E-state index >= 15 is 0 Å². The van der Waals surface area contributed by atoms with E-state index in [1.54, 1.807) is 42.6 Å². The van der Waals surface area contributed by atoms with Crippen molar-refractivity contribution in [2.75, 3.05) is 19.0 Å². The van der Waals surface area contributed by atoms with Crippen LogP contribution in [-0.4, -0.2) is 35.4 Å². The van der Waals surface area contributed by atoms with Crippen LogP contribution in [0.5, 0.6) is 0 Å². The van der Waals surface area contributed by atoms with E-state index in [0.29, 0.717) is 16.3 Å². The second kappa shape index (κ2) is 10.5. The Balaban J connectivity index is 1.45. The number of alkyl carbamates (subject to hydrolysis) is 1. The molecule has 8 nitrogen and oxygen atoms in total. The summed E-state index contributed by atoms with van der Waals surface area (Å²) in [6.45, 7) is 0.759. The summed E-state index contributed by atoms with van der Waals surface area (Å²) >= 11 is 5.94. The van der Waals surface area contributed by atoms with Crippen LogP contribution in [0.2, 0.25) is 5.02 Å². The molecule has 2 aromatic carbocycles. The quantitative estimate of drug-likeness (QED) is 0.534. The van der Waals surface area contributed by atoms with Gasteiger partial charge in [-0.3, -0.25) is 4.79 Å². The summed E-state index contributed by atoms with van der Waals surface area (Å²) in [7, 11) is 1.43. The van der Waals surface area contributed by atoms with Crippen molar-refractivity contribution in [3.63, 3.8) is 0 Å². The maximum absolute atomic E-state index is 12.9. The summed E-state index contributed by atoms with van der Waals surface area (Å²) in [5.74, 6) is -0.476. The minimum Gasteiger partial charge on any atom is -0.431 e. The van der Waals surface area contributed by atoms with Crippen LogP contribution in [0.1, 0.15) is 37.2 Å². The number of carbonyl (C=O) groups is 2. The molecule has 0 bridgehead atoms. The number of benzene rings is 2. The molecule has 1 aromatic heterocycles. The summed E-state index contributed by atoms with van der Waals surface area (Å²) in [5, 5.41) is 10.1. The largest absolute Gasteiger partial charge is 0.431 e. The second-order valence-electron chi connectivity index (χ2n) is 7.68. The number of aromatic nitrogens is 2. The lowest BCUT2D eigenvalue weighted by Gasteiger charge is -2.22. The predicted octanol–water partition coefficient (Wildman–Crippen LogP) is 4.94. The molecule has 2 amide bonds. The fourth-order valence-corrected chi connectivity index (χ4v) is 3.73. The Bertz CT molecular complexity index is 1090. The maximum atomic E-state index is 12.9. The molecule has 2 heterocycles. The maximum Gasteiger partial charge on any atom is 0.408 e. The standard InChI is InChI=1S/C24H25ClN4O4/c1-26-24(31)33-22(17-5-9-19(25)10-6-17)23(30)28-20-11-7-16(8-12-20)18-14-27-29(15-18)21-4-2-3-13-32-21/h5-12,14-15,21-22H,2-4,13H2,1H3,(H,26,31)(H,28,30)/t21?,22-/m0/s1. The third kappa shape index (κ3) is 5.71. The number of halogens is 1. The molecule has 1 aliphatic rings. The van der Waals surface area contributed by atoms with Crippen LogP contribution < -0.4 is 10.6 Å². The number of amides is 2. The van der Waals surface area contributed by atoms with E-state index < -0.39 is 18.1 Å². The Kier molecular flexibility index (Phi) is 7.26.